The minimum absolute atomic E-state index is 0.0291. The molecule has 1 amide bonds. The van der Waals surface area contributed by atoms with Crippen molar-refractivity contribution in [1.29, 1.82) is 0 Å². The van der Waals surface area contributed by atoms with Crippen LogP contribution in [0.3, 0.4) is 0 Å². The first-order valence-corrected chi connectivity index (χ1v) is 7.77. The smallest absolute Gasteiger partial charge is 0.356 e. The molecule has 7 nitrogen and oxygen atoms in total. The molecule has 0 spiro atoms. The van der Waals surface area contributed by atoms with Crippen LogP contribution in [0.4, 0.5) is 5.82 Å². The van der Waals surface area contributed by atoms with E-state index in [1.807, 2.05) is 4.90 Å². The molecule has 2 heterocycles. The first-order valence-electron chi connectivity index (χ1n) is 7.40. The van der Waals surface area contributed by atoms with Crippen molar-refractivity contribution < 1.29 is 14.7 Å². The number of carbonyl (C=O) groups is 2. The highest BCUT2D eigenvalue weighted by molar-refractivity contribution is 6.30. The topological polar surface area (TPSA) is 86.6 Å². The van der Waals surface area contributed by atoms with Gasteiger partial charge in [0.05, 0.1) is 12.4 Å². The number of carboxylic acids is 1. The van der Waals surface area contributed by atoms with Crippen LogP contribution in [0.15, 0.2) is 36.7 Å². The fraction of sp³-hybridized carbons (Fsp3) is 0.250. The van der Waals surface area contributed by atoms with Crippen molar-refractivity contribution in [2.24, 2.45) is 0 Å². The molecule has 1 aromatic heterocycles. The number of benzene rings is 1. The summed E-state index contributed by atoms with van der Waals surface area (Å²) in [7, 11) is 0. The van der Waals surface area contributed by atoms with Gasteiger partial charge in [0.15, 0.2) is 5.69 Å². The predicted molar refractivity (Wildman–Crippen MR) is 88.6 cm³/mol. The van der Waals surface area contributed by atoms with Crippen molar-refractivity contribution in [2.45, 2.75) is 0 Å². The summed E-state index contributed by atoms with van der Waals surface area (Å²) in [6, 6.07) is 6.83. The van der Waals surface area contributed by atoms with Gasteiger partial charge in [-0.1, -0.05) is 11.6 Å². The summed E-state index contributed by atoms with van der Waals surface area (Å²) in [5.74, 6) is -0.523. The molecule has 1 aliphatic heterocycles. The molecule has 0 radical (unpaired) electrons. The Hall–Kier alpha value is -2.67. The van der Waals surface area contributed by atoms with Crippen molar-refractivity contribution in [1.82, 2.24) is 14.9 Å². The van der Waals surface area contributed by atoms with Gasteiger partial charge < -0.3 is 14.9 Å². The standard InChI is InChI=1S/C16H15ClN4O3/c17-12-3-1-11(2-4-12)15(22)21-7-5-20(6-8-21)14-10-18-13(9-19-14)16(23)24/h1-4,9-10H,5-8H2,(H,23,24). The zero-order valence-electron chi connectivity index (χ0n) is 12.7. The van der Waals surface area contributed by atoms with Crippen molar-refractivity contribution in [3.63, 3.8) is 0 Å². The predicted octanol–water partition coefficient (Wildman–Crippen LogP) is 1.79. The number of carbonyl (C=O) groups excluding carboxylic acids is 1. The summed E-state index contributed by atoms with van der Waals surface area (Å²) in [5.41, 5.74) is 0.522. The Labute approximate surface area is 143 Å². The number of amides is 1. The summed E-state index contributed by atoms with van der Waals surface area (Å²) < 4.78 is 0. The van der Waals surface area contributed by atoms with Crippen LogP contribution in [-0.4, -0.2) is 58.0 Å². The number of aromatic carboxylic acids is 1. The number of hydrogen-bond acceptors (Lipinski definition) is 5. The molecule has 0 unspecified atom stereocenters. The van der Waals surface area contributed by atoms with Gasteiger partial charge in [0.2, 0.25) is 0 Å². The van der Waals surface area contributed by atoms with Gasteiger partial charge in [-0.3, -0.25) is 4.79 Å². The second-order valence-electron chi connectivity index (χ2n) is 5.35. The van der Waals surface area contributed by atoms with Crippen LogP contribution in [0.1, 0.15) is 20.8 Å². The minimum Gasteiger partial charge on any atom is -0.476 e. The molecule has 0 atom stereocenters. The molecule has 8 heteroatoms. The molecule has 1 aliphatic rings. The van der Waals surface area contributed by atoms with E-state index < -0.39 is 5.97 Å². The lowest BCUT2D eigenvalue weighted by Crippen LogP contribution is -2.49. The average molecular weight is 347 g/mol. The monoisotopic (exact) mass is 346 g/mol. The molecule has 2 aromatic rings. The highest BCUT2D eigenvalue weighted by Crippen LogP contribution is 2.16. The first kappa shape index (κ1) is 16.2. The van der Waals surface area contributed by atoms with E-state index in [2.05, 4.69) is 9.97 Å². The molecule has 24 heavy (non-hydrogen) atoms. The zero-order valence-corrected chi connectivity index (χ0v) is 13.5. The molecule has 0 aliphatic carbocycles. The number of nitrogens with zero attached hydrogens (tertiary/aromatic N) is 4. The van der Waals surface area contributed by atoms with Crippen LogP contribution in [-0.2, 0) is 0 Å². The maximum Gasteiger partial charge on any atom is 0.356 e. The number of aromatic nitrogens is 2. The van der Waals surface area contributed by atoms with E-state index in [1.165, 1.54) is 12.4 Å². The summed E-state index contributed by atoms with van der Waals surface area (Å²) in [6.45, 7) is 2.34. The molecule has 0 bridgehead atoms. The molecular weight excluding hydrogens is 332 g/mol. The fourth-order valence-electron chi connectivity index (χ4n) is 2.51. The Morgan fingerprint density at radius 1 is 1.00 bits per heavy atom. The quantitative estimate of drug-likeness (QED) is 0.911. The van der Waals surface area contributed by atoms with E-state index in [0.29, 0.717) is 42.6 Å². The number of halogens is 1. The van der Waals surface area contributed by atoms with Crippen LogP contribution in [0.25, 0.3) is 0 Å². The summed E-state index contributed by atoms with van der Waals surface area (Å²) in [5, 5.41) is 9.44. The van der Waals surface area contributed by atoms with Gasteiger partial charge in [0.1, 0.15) is 5.82 Å². The molecule has 3 rings (SSSR count). The zero-order chi connectivity index (χ0) is 17.1. The van der Waals surface area contributed by atoms with Crippen LogP contribution < -0.4 is 4.90 Å². The van der Waals surface area contributed by atoms with Crippen LogP contribution in [0.2, 0.25) is 5.02 Å². The average Bonchev–Trinajstić information content (AvgIpc) is 2.62. The second kappa shape index (κ2) is 6.84. The normalized spacial score (nSPS) is 14.5. The van der Waals surface area contributed by atoms with E-state index in [0.717, 1.165) is 0 Å². The third-order valence-electron chi connectivity index (χ3n) is 3.84. The lowest BCUT2D eigenvalue weighted by atomic mass is 10.2. The number of anilines is 1. The Morgan fingerprint density at radius 2 is 1.67 bits per heavy atom. The van der Waals surface area contributed by atoms with Gasteiger partial charge in [-0.25, -0.2) is 14.8 Å². The van der Waals surface area contributed by atoms with Crippen LogP contribution in [0, 0.1) is 0 Å². The maximum atomic E-state index is 12.4. The van der Waals surface area contributed by atoms with Gasteiger partial charge in [-0.15, -0.1) is 0 Å². The highest BCUT2D eigenvalue weighted by atomic mass is 35.5. The molecule has 1 aromatic carbocycles. The minimum atomic E-state index is -1.10. The first-order chi connectivity index (χ1) is 11.5. The molecule has 124 valence electrons. The van der Waals surface area contributed by atoms with Gasteiger partial charge in [0.25, 0.3) is 5.91 Å². The lowest BCUT2D eigenvalue weighted by Gasteiger charge is -2.35. The molecule has 1 saturated heterocycles. The van der Waals surface area contributed by atoms with Crippen molar-refractivity contribution in [2.75, 3.05) is 31.1 Å². The van der Waals surface area contributed by atoms with Gasteiger partial charge >= 0.3 is 5.97 Å². The van der Waals surface area contributed by atoms with Gasteiger partial charge in [-0.2, -0.15) is 0 Å². The molecule has 1 fully saturated rings. The van der Waals surface area contributed by atoms with E-state index in [4.69, 9.17) is 16.7 Å². The summed E-state index contributed by atoms with van der Waals surface area (Å²) in [4.78, 5) is 35.0. The highest BCUT2D eigenvalue weighted by Gasteiger charge is 2.23. The Kier molecular flexibility index (Phi) is 4.61. The molecular formula is C16H15ClN4O3. The molecule has 0 saturated carbocycles. The largest absolute Gasteiger partial charge is 0.476 e. The van der Waals surface area contributed by atoms with Crippen molar-refractivity contribution in [3.8, 4) is 0 Å². The number of rotatable bonds is 3. The van der Waals surface area contributed by atoms with Gasteiger partial charge in [-0.05, 0) is 24.3 Å². The Balaban J connectivity index is 1.62. The van der Waals surface area contributed by atoms with Crippen molar-refractivity contribution in [3.05, 3.63) is 52.9 Å². The third-order valence-corrected chi connectivity index (χ3v) is 4.09. The van der Waals surface area contributed by atoms with Crippen LogP contribution in [0.5, 0.6) is 0 Å². The van der Waals surface area contributed by atoms with E-state index in [-0.39, 0.29) is 11.6 Å². The second-order valence-corrected chi connectivity index (χ2v) is 5.79. The Bertz CT molecular complexity index is 741. The van der Waals surface area contributed by atoms with Crippen LogP contribution >= 0.6 is 11.6 Å². The van der Waals surface area contributed by atoms with E-state index in [9.17, 15) is 9.59 Å². The van der Waals surface area contributed by atoms with E-state index in [1.54, 1.807) is 29.2 Å². The molecule has 1 N–H and O–H groups in total. The summed E-state index contributed by atoms with van der Waals surface area (Å²) in [6.07, 6.45) is 2.68. The van der Waals surface area contributed by atoms with E-state index >= 15 is 0 Å². The Morgan fingerprint density at radius 3 is 2.21 bits per heavy atom. The summed E-state index contributed by atoms with van der Waals surface area (Å²) >= 11 is 5.84. The van der Waals surface area contributed by atoms with Gasteiger partial charge in [0, 0.05) is 36.8 Å². The lowest BCUT2D eigenvalue weighted by molar-refractivity contribution is 0.0688. The SMILES string of the molecule is O=C(O)c1cnc(N2CCN(C(=O)c3ccc(Cl)cc3)CC2)cn1. The number of piperazine rings is 1. The maximum absolute atomic E-state index is 12.4. The number of hydrogen-bond donors (Lipinski definition) is 1. The fourth-order valence-corrected chi connectivity index (χ4v) is 2.63. The third kappa shape index (κ3) is 3.46. The number of carboxylic acid groups (broad SMARTS) is 1. The van der Waals surface area contributed by atoms with Crippen molar-refractivity contribution >= 4 is 29.3 Å².